The number of carbonyl (C=O) groups is 3. The average molecular weight is 681 g/mol. The van der Waals surface area contributed by atoms with Gasteiger partial charge in [0.15, 0.2) is 11.5 Å². The maximum atomic E-state index is 13.5. The third-order valence-electron chi connectivity index (χ3n) is 6.45. The normalized spacial score (nSPS) is 11.7. The third-order valence-corrected chi connectivity index (χ3v) is 8.00. The Kier molecular flexibility index (Phi) is 12.0. The topological polar surface area (TPSA) is 115 Å². The first-order chi connectivity index (χ1) is 22.1. The molecule has 0 saturated heterocycles. The van der Waals surface area contributed by atoms with Crippen LogP contribution in [0.1, 0.15) is 22.8 Å². The van der Waals surface area contributed by atoms with Gasteiger partial charge in [0.2, 0.25) is 11.7 Å². The highest BCUT2D eigenvalue weighted by molar-refractivity contribution is 8.00. The van der Waals surface area contributed by atoms with Crippen molar-refractivity contribution in [3.8, 4) is 17.2 Å². The molecule has 0 spiro atoms. The number of amides is 3. The standard InChI is InChI=1S/C34H31Cl2N3O6S/c1-20(32(40)38-26-18-23(35)17-24(36)19-26)46-27-12-10-25(11-13-27)37-34(42)28(39-33(41)22-8-6-5-7-9-22)14-21-15-29(43-2)31(45-4)30(16-21)44-3/h5-20H,1-4H3,(H,37,42)(H,38,40)(H,39,41)/b28-14-. The summed E-state index contributed by atoms with van der Waals surface area (Å²) in [6, 6.07) is 23.7. The summed E-state index contributed by atoms with van der Waals surface area (Å²) in [4.78, 5) is 40.1. The van der Waals surface area contributed by atoms with E-state index in [1.54, 1.807) is 91.9 Å². The SMILES string of the molecule is COc1cc(/C=C(\NC(=O)c2ccccc2)C(=O)Nc2ccc(SC(C)C(=O)Nc3cc(Cl)cc(Cl)c3)cc2)cc(OC)c1OC. The molecule has 3 amide bonds. The second-order valence-corrected chi connectivity index (χ2v) is 12.0. The summed E-state index contributed by atoms with van der Waals surface area (Å²) in [5, 5.41) is 8.74. The van der Waals surface area contributed by atoms with Crippen molar-refractivity contribution < 1.29 is 28.6 Å². The second-order valence-electron chi connectivity index (χ2n) is 9.72. The summed E-state index contributed by atoms with van der Waals surface area (Å²) in [6.07, 6.45) is 1.51. The molecule has 4 aromatic rings. The van der Waals surface area contributed by atoms with Crippen LogP contribution in [0.4, 0.5) is 11.4 Å². The number of anilines is 2. The van der Waals surface area contributed by atoms with Crippen molar-refractivity contribution in [2.45, 2.75) is 17.1 Å². The molecule has 3 N–H and O–H groups in total. The molecule has 0 aliphatic rings. The van der Waals surface area contributed by atoms with E-state index < -0.39 is 17.1 Å². The van der Waals surface area contributed by atoms with E-state index in [0.29, 0.717) is 49.8 Å². The molecule has 0 heterocycles. The van der Waals surface area contributed by atoms with Crippen LogP contribution in [0.2, 0.25) is 10.0 Å². The average Bonchev–Trinajstić information content (AvgIpc) is 3.04. The predicted molar refractivity (Wildman–Crippen MR) is 183 cm³/mol. The van der Waals surface area contributed by atoms with Crippen LogP contribution in [0.3, 0.4) is 0 Å². The molecule has 12 heteroatoms. The van der Waals surface area contributed by atoms with Gasteiger partial charge in [-0.3, -0.25) is 14.4 Å². The Morgan fingerprint density at radius 1 is 0.761 bits per heavy atom. The molecular formula is C34H31Cl2N3O6S. The lowest BCUT2D eigenvalue weighted by molar-refractivity contribution is -0.115. The summed E-state index contributed by atoms with van der Waals surface area (Å²) in [5.74, 6) is -0.0967. The molecule has 238 valence electrons. The Morgan fingerprint density at radius 3 is 1.93 bits per heavy atom. The Hall–Kier alpha value is -4.64. The highest BCUT2D eigenvalue weighted by Gasteiger charge is 2.19. The van der Waals surface area contributed by atoms with Crippen LogP contribution in [-0.2, 0) is 9.59 Å². The zero-order valence-electron chi connectivity index (χ0n) is 25.4. The van der Waals surface area contributed by atoms with Gasteiger partial charge in [0.05, 0.1) is 26.6 Å². The molecule has 0 bridgehead atoms. The zero-order chi connectivity index (χ0) is 33.2. The molecule has 0 saturated carbocycles. The number of rotatable bonds is 12. The monoisotopic (exact) mass is 679 g/mol. The third kappa shape index (κ3) is 9.20. The number of nitrogens with one attached hydrogen (secondary N) is 3. The molecular weight excluding hydrogens is 649 g/mol. The Labute approximate surface area is 281 Å². The van der Waals surface area contributed by atoms with Gasteiger partial charge in [-0.2, -0.15) is 0 Å². The second kappa shape index (κ2) is 16.1. The van der Waals surface area contributed by atoms with Crippen LogP contribution in [0.25, 0.3) is 6.08 Å². The first-order valence-corrected chi connectivity index (χ1v) is 15.5. The highest BCUT2D eigenvalue weighted by atomic mass is 35.5. The van der Waals surface area contributed by atoms with E-state index in [4.69, 9.17) is 37.4 Å². The van der Waals surface area contributed by atoms with E-state index in [-0.39, 0.29) is 11.6 Å². The number of methoxy groups -OCH3 is 3. The number of ether oxygens (including phenoxy) is 3. The number of hydrogen-bond donors (Lipinski definition) is 3. The van der Waals surface area contributed by atoms with E-state index in [2.05, 4.69) is 16.0 Å². The lowest BCUT2D eigenvalue weighted by Crippen LogP contribution is -2.30. The van der Waals surface area contributed by atoms with Gasteiger partial charge in [-0.15, -0.1) is 11.8 Å². The lowest BCUT2D eigenvalue weighted by atomic mass is 10.1. The fourth-order valence-corrected chi connectivity index (χ4v) is 5.63. The van der Waals surface area contributed by atoms with Crippen LogP contribution in [0.5, 0.6) is 17.2 Å². The lowest BCUT2D eigenvalue weighted by Gasteiger charge is -2.15. The van der Waals surface area contributed by atoms with Crippen LogP contribution in [0, 0.1) is 0 Å². The first kappa shape index (κ1) is 34.2. The number of hydrogen-bond acceptors (Lipinski definition) is 7. The van der Waals surface area contributed by atoms with Crippen molar-refractivity contribution in [2.75, 3.05) is 32.0 Å². The van der Waals surface area contributed by atoms with Gasteiger partial charge < -0.3 is 30.2 Å². The Balaban J connectivity index is 1.51. The fourth-order valence-electron chi connectivity index (χ4n) is 4.24. The van der Waals surface area contributed by atoms with E-state index in [1.807, 2.05) is 0 Å². The Morgan fingerprint density at radius 2 is 1.37 bits per heavy atom. The molecule has 0 aliphatic carbocycles. The van der Waals surface area contributed by atoms with Gasteiger partial charge in [-0.05, 0) is 85.3 Å². The summed E-state index contributed by atoms with van der Waals surface area (Å²) >= 11 is 13.4. The van der Waals surface area contributed by atoms with Gasteiger partial charge in [0, 0.05) is 31.9 Å². The van der Waals surface area contributed by atoms with Gasteiger partial charge in [-0.25, -0.2) is 0 Å². The highest BCUT2D eigenvalue weighted by Crippen LogP contribution is 2.38. The van der Waals surface area contributed by atoms with Gasteiger partial charge >= 0.3 is 0 Å². The number of thioether (sulfide) groups is 1. The molecule has 46 heavy (non-hydrogen) atoms. The summed E-state index contributed by atoms with van der Waals surface area (Å²) in [7, 11) is 4.46. The molecule has 1 atom stereocenters. The fraction of sp³-hybridized carbons (Fsp3) is 0.147. The van der Waals surface area contributed by atoms with Gasteiger partial charge in [0.25, 0.3) is 11.8 Å². The molecule has 0 radical (unpaired) electrons. The van der Waals surface area contributed by atoms with E-state index in [9.17, 15) is 14.4 Å². The van der Waals surface area contributed by atoms with Crippen molar-refractivity contribution in [2.24, 2.45) is 0 Å². The minimum Gasteiger partial charge on any atom is -0.493 e. The first-order valence-electron chi connectivity index (χ1n) is 13.8. The summed E-state index contributed by atoms with van der Waals surface area (Å²) in [5.41, 5.74) is 1.86. The maximum absolute atomic E-state index is 13.5. The minimum atomic E-state index is -0.564. The number of halogens is 2. The summed E-state index contributed by atoms with van der Waals surface area (Å²) in [6.45, 7) is 1.78. The molecule has 0 aromatic heterocycles. The van der Waals surface area contributed by atoms with Crippen molar-refractivity contribution in [1.29, 1.82) is 0 Å². The van der Waals surface area contributed by atoms with E-state index in [0.717, 1.165) is 4.90 Å². The molecule has 9 nitrogen and oxygen atoms in total. The van der Waals surface area contributed by atoms with Crippen molar-refractivity contribution in [3.63, 3.8) is 0 Å². The van der Waals surface area contributed by atoms with Crippen molar-refractivity contribution in [3.05, 3.63) is 112 Å². The largest absolute Gasteiger partial charge is 0.493 e. The van der Waals surface area contributed by atoms with Gasteiger partial charge in [-0.1, -0.05) is 41.4 Å². The summed E-state index contributed by atoms with van der Waals surface area (Å²) < 4.78 is 16.3. The molecule has 1 unspecified atom stereocenters. The smallest absolute Gasteiger partial charge is 0.272 e. The van der Waals surface area contributed by atoms with Crippen LogP contribution < -0.4 is 30.2 Å². The van der Waals surface area contributed by atoms with Crippen LogP contribution >= 0.6 is 35.0 Å². The van der Waals surface area contributed by atoms with Crippen LogP contribution in [0.15, 0.2) is 95.5 Å². The van der Waals surface area contributed by atoms with E-state index >= 15 is 0 Å². The minimum absolute atomic E-state index is 0.0204. The molecule has 4 aromatic carbocycles. The molecule has 0 aliphatic heterocycles. The van der Waals surface area contributed by atoms with Gasteiger partial charge in [0.1, 0.15) is 5.70 Å². The zero-order valence-corrected chi connectivity index (χ0v) is 27.7. The van der Waals surface area contributed by atoms with Crippen molar-refractivity contribution >= 4 is 70.1 Å². The van der Waals surface area contributed by atoms with Crippen molar-refractivity contribution in [1.82, 2.24) is 5.32 Å². The molecule has 0 fully saturated rings. The molecule has 4 rings (SSSR count). The number of benzene rings is 4. The quantitative estimate of drug-likeness (QED) is 0.105. The maximum Gasteiger partial charge on any atom is 0.272 e. The van der Waals surface area contributed by atoms with Crippen LogP contribution in [-0.4, -0.2) is 44.3 Å². The predicted octanol–water partition coefficient (Wildman–Crippen LogP) is 7.55. The Bertz CT molecular complexity index is 1700. The van der Waals surface area contributed by atoms with E-state index in [1.165, 1.54) is 39.2 Å². The number of carbonyl (C=O) groups excluding carboxylic acids is 3.